The van der Waals surface area contributed by atoms with E-state index in [0.717, 1.165) is 18.5 Å². The van der Waals surface area contributed by atoms with Crippen molar-refractivity contribution >= 4 is 0 Å². The molecule has 1 fully saturated rings. The minimum Gasteiger partial charge on any atom is -0.308 e. The predicted octanol–water partition coefficient (Wildman–Crippen LogP) is 2.96. The molecule has 1 N–H and O–H groups in total. The maximum Gasteiger partial charge on any atom is 0.127 e. The summed E-state index contributed by atoms with van der Waals surface area (Å²) in [5.41, 5.74) is 0.792. The van der Waals surface area contributed by atoms with E-state index in [9.17, 15) is 4.39 Å². The minimum atomic E-state index is -0.100. The first-order chi connectivity index (χ1) is 8.72. The van der Waals surface area contributed by atoms with Crippen LogP contribution >= 0.6 is 0 Å². The van der Waals surface area contributed by atoms with Gasteiger partial charge in [0.2, 0.25) is 0 Å². The number of nitrogens with zero attached hydrogens (tertiary/aromatic N) is 1. The summed E-state index contributed by atoms with van der Waals surface area (Å²) in [6, 6.07) is 7.81. The minimum absolute atomic E-state index is 0.100. The molecular formula is C15H23FN2. The third-order valence-corrected chi connectivity index (χ3v) is 3.96. The van der Waals surface area contributed by atoms with Crippen LogP contribution in [-0.2, 0) is 0 Å². The van der Waals surface area contributed by atoms with E-state index in [1.165, 1.54) is 19.4 Å². The fourth-order valence-corrected chi connectivity index (χ4v) is 2.75. The molecule has 1 heterocycles. The van der Waals surface area contributed by atoms with Gasteiger partial charge in [-0.15, -0.1) is 0 Å². The van der Waals surface area contributed by atoms with Gasteiger partial charge in [-0.1, -0.05) is 25.1 Å². The lowest BCUT2D eigenvalue weighted by Crippen LogP contribution is -2.37. The summed E-state index contributed by atoms with van der Waals surface area (Å²) >= 11 is 0. The van der Waals surface area contributed by atoms with Crippen LogP contribution < -0.4 is 5.32 Å². The average Bonchev–Trinajstić information content (AvgIpc) is 2.78. The van der Waals surface area contributed by atoms with Crippen molar-refractivity contribution in [3.63, 3.8) is 0 Å². The molecule has 2 nitrogen and oxygen atoms in total. The highest BCUT2D eigenvalue weighted by Crippen LogP contribution is 2.21. The smallest absolute Gasteiger partial charge is 0.127 e. The van der Waals surface area contributed by atoms with E-state index in [0.29, 0.717) is 6.04 Å². The maximum absolute atomic E-state index is 13.8. The van der Waals surface area contributed by atoms with E-state index in [1.54, 1.807) is 12.1 Å². The largest absolute Gasteiger partial charge is 0.308 e. The van der Waals surface area contributed by atoms with E-state index < -0.39 is 0 Å². The van der Waals surface area contributed by atoms with Crippen LogP contribution in [0.3, 0.4) is 0 Å². The highest BCUT2D eigenvalue weighted by molar-refractivity contribution is 5.21. The zero-order valence-corrected chi connectivity index (χ0v) is 11.3. The number of likely N-dealkylation sites (tertiary alicyclic amines) is 1. The zero-order chi connectivity index (χ0) is 13.0. The first-order valence-corrected chi connectivity index (χ1v) is 6.90. The van der Waals surface area contributed by atoms with Crippen molar-refractivity contribution < 1.29 is 4.39 Å². The van der Waals surface area contributed by atoms with E-state index in [4.69, 9.17) is 0 Å². The van der Waals surface area contributed by atoms with Crippen LogP contribution in [0, 0.1) is 5.82 Å². The van der Waals surface area contributed by atoms with Crippen molar-refractivity contribution in [3.05, 3.63) is 35.6 Å². The third-order valence-electron chi connectivity index (χ3n) is 3.96. The number of hydrogen-bond acceptors (Lipinski definition) is 2. The first-order valence-electron chi connectivity index (χ1n) is 6.90. The molecule has 100 valence electrons. The van der Waals surface area contributed by atoms with Gasteiger partial charge < -0.3 is 10.2 Å². The molecule has 2 atom stereocenters. The number of rotatable bonds is 5. The van der Waals surface area contributed by atoms with E-state index in [2.05, 4.69) is 24.2 Å². The summed E-state index contributed by atoms with van der Waals surface area (Å²) in [5, 5.41) is 3.52. The van der Waals surface area contributed by atoms with Crippen molar-refractivity contribution in [1.82, 2.24) is 10.2 Å². The van der Waals surface area contributed by atoms with E-state index in [1.807, 2.05) is 12.1 Å². The molecule has 1 aromatic carbocycles. The van der Waals surface area contributed by atoms with E-state index in [-0.39, 0.29) is 11.9 Å². The summed E-state index contributed by atoms with van der Waals surface area (Å²) in [5.74, 6) is -0.100. The quantitative estimate of drug-likeness (QED) is 0.864. The molecule has 2 rings (SSSR count). The number of hydrogen-bond donors (Lipinski definition) is 1. The second kappa shape index (κ2) is 6.30. The van der Waals surface area contributed by atoms with Crippen LogP contribution in [0.1, 0.15) is 37.8 Å². The zero-order valence-electron chi connectivity index (χ0n) is 11.3. The molecule has 1 aliphatic heterocycles. The Balaban J connectivity index is 1.95. The van der Waals surface area contributed by atoms with Crippen LogP contribution in [0.5, 0.6) is 0 Å². The van der Waals surface area contributed by atoms with Gasteiger partial charge >= 0.3 is 0 Å². The first kappa shape index (κ1) is 13.5. The third kappa shape index (κ3) is 3.09. The summed E-state index contributed by atoms with van der Waals surface area (Å²) in [7, 11) is 2.17. The Morgan fingerprint density at radius 2 is 2.22 bits per heavy atom. The maximum atomic E-state index is 13.8. The summed E-state index contributed by atoms with van der Waals surface area (Å²) < 4.78 is 13.8. The van der Waals surface area contributed by atoms with Crippen molar-refractivity contribution in [1.29, 1.82) is 0 Å². The second-order valence-electron chi connectivity index (χ2n) is 5.17. The molecule has 3 heteroatoms. The normalized spacial score (nSPS) is 22.3. The summed E-state index contributed by atoms with van der Waals surface area (Å²) in [6.45, 7) is 4.23. The Morgan fingerprint density at radius 3 is 2.83 bits per heavy atom. The predicted molar refractivity (Wildman–Crippen MR) is 73.1 cm³/mol. The topological polar surface area (TPSA) is 15.3 Å². The lowest BCUT2D eigenvalue weighted by atomic mass is 10.0. The molecule has 0 amide bonds. The van der Waals surface area contributed by atoms with Gasteiger partial charge in [0.05, 0.1) is 0 Å². The lowest BCUT2D eigenvalue weighted by Gasteiger charge is -2.24. The number of halogens is 1. The van der Waals surface area contributed by atoms with Crippen molar-refractivity contribution in [2.45, 2.75) is 38.3 Å². The van der Waals surface area contributed by atoms with Crippen LogP contribution in [0.25, 0.3) is 0 Å². The molecular weight excluding hydrogens is 227 g/mol. The molecule has 0 saturated carbocycles. The molecule has 1 saturated heterocycles. The molecule has 2 unspecified atom stereocenters. The number of benzene rings is 1. The van der Waals surface area contributed by atoms with Crippen molar-refractivity contribution in [3.8, 4) is 0 Å². The van der Waals surface area contributed by atoms with Gasteiger partial charge in [0.25, 0.3) is 0 Å². The standard InChI is InChI=1S/C15H23FN2/c1-3-15(13-8-4-5-9-14(13)16)17-11-12-7-6-10-18(12)2/h4-5,8-9,12,15,17H,3,6-7,10-11H2,1-2H3. The molecule has 0 spiro atoms. The fraction of sp³-hybridized carbons (Fsp3) is 0.600. The molecule has 1 aliphatic rings. The summed E-state index contributed by atoms with van der Waals surface area (Å²) in [6.07, 6.45) is 3.44. The average molecular weight is 250 g/mol. The van der Waals surface area contributed by atoms with Gasteiger partial charge in [0, 0.05) is 24.2 Å². The molecule has 0 radical (unpaired) electrons. The highest BCUT2D eigenvalue weighted by Gasteiger charge is 2.22. The van der Waals surface area contributed by atoms with Gasteiger partial charge in [0.15, 0.2) is 0 Å². The number of likely N-dealkylation sites (N-methyl/N-ethyl adjacent to an activating group) is 1. The van der Waals surface area contributed by atoms with Gasteiger partial charge in [-0.05, 0) is 38.9 Å². The highest BCUT2D eigenvalue weighted by atomic mass is 19.1. The Kier molecular flexibility index (Phi) is 4.72. The number of nitrogens with one attached hydrogen (secondary N) is 1. The Hall–Kier alpha value is -0.930. The fourth-order valence-electron chi connectivity index (χ4n) is 2.75. The molecule has 0 aliphatic carbocycles. The van der Waals surface area contributed by atoms with Crippen molar-refractivity contribution in [2.24, 2.45) is 0 Å². The van der Waals surface area contributed by atoms with Gasteiger partial charge in [0.1, 0.15) is 5.82 Å². The van der Waals surface area contributed by atoms with Crippen LogP contribution in [-0.4, -0.2) is 31.1 Å². The Labute approximate surface area is 109 Å². The van der Waals surface area contributed by atoms with Crippen LogP contribution in [0.2, 0.25) is 0 Å². The van der Waals surface area contributed by atoms with E-state index >= 15 is 0 Å². The SMILES string of the molecule is CCC(NCC1CCCN1C)c1ccccc1F. The Bertz CT molecular complexity index is 381. The second-order valence-corrected chi connectivity index (χ2v) is 5.17. The van der Waals surface area contributed by atoms with Gasteiger partial charge in [-0.25, -0.2) is 4.39 Å². The molecule has 0 aromatic heterocycles. The molecule has 1 aromatic rings. The van der Waals surface area contributed by atoms with Crippen molar-refractivity contribution in [2.75, 3.05) is 20.1 Å². The van der Waals surface area contributed by atoms with Crippen LogP contribution in [0.15, 0.2) is 24.3 Å². The van der Waals surface area contributed by atoms with Gasteiger partial charge in [-0.3, -0.25) is 0 Å². The lowest BCUT2D eigenvalue weighted by molar-refractivity contribution is 0.289. The molecule has 18 heavy (non-hydrogen) atoms. The Morgan fingerprint density at radius 1 is 1.44 bits per heavy atom. The summed E-state index contributed by atoms with van der Waals surface area (Å²) in [4.78, 5) is 2.39. The van der Waals surface area contributed by atoms with Gasteiger partial charge in [-0.2, -0.15) is 0 Å². The molecule has 0 bridgehead atoms. The monoisotopic (exact) mass is 250 g/mol. The van der Waals surface area contributed by atoms with Crippen LogP contribution in [0.4, 0.5) is 4.39 Å².